The van der Waals surface area contributed by atoms with Crippen molar-refractivity contribution in [2.75, 3.05) is 24.7 Å². The molecule has 1 aromatic carbocycles. The molecule has 5 heteroatoms. The summed E-state index contributed by atoms with van der Waals surface area (Å²) < 4.78 is 7.74. The van der Waals surface area contributed by atoms with Crippen LogP contribution in [-0.4, -0.2) is 40.4 Å². The maximum absolute atomic E-state index is 5.61. The van der Waals surface area contributed by atoms with Crippen LogP contribution in [0.5, 0.6) is 0 Å². The molecule has 1 aliphatic heterocycles. The first-order valence-corrected chi connectivity index (χ1v) is 11.6. The second-order valence-electron chi connectivity index (χ2n) is 9.10. The van der Waals surface area contributed by atoms with Crippen molar-refractivity contribution in [1.29, 1.82) is 0 Å². The third kappa shape index (κ3) is 3.84. The third-order valence-corrected chi connectivity index (χ3v) is 6.65. The molecule has 0 aliphatic carbocycles. The van der Waals surface area contributed by atoms with Crippen LogP contribution in [0.3, 0.4) is 0 Å². The Morgan fingerprint density at radius 3 is 2.42 bits per heavy atom. The van der Waals surface area contributed by atoms with Gasteiger partial charge in [-0.25, -0.2) is 4.98 Å². The van der Waals surface area contributed by atoms with Crippen LogP contribution in [0.25, 0.3) is 16.8 Å². The van der Waals surface area contributed by atoms with Gasteiger partial charge in [-0.1, -0.05) is 17.7 Å². The fraction of sp³-hybridized carbons (Fsp3) is 0.538. The molecule has 1 atom stereocenters. The molecule has 3 heterocycles. The Morgan fingerprint density at radius 1 is 1.03 bits per heavy atom. The van der Waals surface area contributed by atoms with Gasteiger partial charge in [0.05, 0.1) is 11.3 Å². The van der Waals surface area contributed by atoms with Gasteiger partial charge in [-0.2, -0.15) is 9.61 Å². The number of rotatable bonds is 6. The van der Waals surface area contributed by atoms with Gasteiger partial charge in [0.1, 0.15) is 5.82 Å². The minimum Gasteiger partial charge on any atom is -0.382 e. The van der Waals surface area contributed by atoms with Gasteiger partial charge in [0, 0.05) is 37.1 Å². The van der Waals surface area contributed by atoms with Crippen molar-refractivity contribution >= 4 is 11.5 Å². The Kier molecular flexibility index (Phi) is 6.07. The van der Waals surface area contributed by atoms with Gasteiger partial charge in [-0.05, 0) is 84.4 Å². The van der Waals surface area contributed by atoms with Gasteiger partial charge in [0.2, 0.25) is 0 Å². The lowest BCUT2D eigenvalue weighted by Gasteiger charge is -2.37. The molecular weight excluding hydrogens is 384 g/mol. The minimum absolute atomic E-state index is 0.481. The van der Waals surface area contributed by atoms with Gasteiger partial charge < -0.3 is 9.64 Å². The molecule has 0 saturated carbocycles. The quantitative estimate of drug-likeness (QED) is 0.494. The molecule has 166 valence electrons. The van der Waals surface area contributed by atoms with Crippen molar-refractivity contribution in [3.63, 3.8) is 0 Å². The molecule has 2 aromatic heterocycles. The molecule has 0 amide bonds. The smallest absolute Gasteiger partial charge is 0.165 e. The van der Waals surface area contributed by atoms with Crippen LogP contribution in [0.4, 0.5) is 5.82 Å². The number of nitrogens with zero attached hydrogens (tertiary/aromatic N) is 4. The molecule has 0 bridgehead atoms. The Labute approximate surface area is 186 Å². The summed E-state index contributed by atoms with van der Waals surface area (Å²) in [5.74, 6) is 1.23. The normalized spacial score (nSPS) is 16.2. The fourth-order valence-electron chi connectivity index (χ4n) is 5.26. The predicted octanol–water partition coefficient (Wildman–Crippen LogP) is 5.51. The van der Waals surface area contributed by atoms with Crippen LogP contribution in [-0.2, 0) is 11.2 Å². The number of anilines is 1. The van der Waals surface area contributed by atoms with E-state index in [0.717, 1.165) is 56.1 Å². The molecule has 3 aromatic rings. The van der Waals surface area contributed by atoms with E-state index < -0.39 is 0 Å². The molecule has 0 radical (unpaired) electrons. The van der Waals surface area contributed by atoms with Crippen LogP contribution in [0.15, 0.2) is 12.1 Å². The van der Waals surface area contributed by atoms with E-state index in [4.69, 9.17) is 14.8 Å². The molecule has 0 N–H and O–H groups in total. The lowest BCUT2D eigenvalue weighted by Crippen LogP contribution is -2.40. The van der Waals surface area contributed by atoms with Gasteiger partial charge >= 0.3 is 0 Å². The van der Waals surface area contributed by atoms with Gasteiger partial charge in [0.15, 0.2) is 5.65 Å². The van der Waals surface area contributed by atoms with Crippen LogP contribution in [0.2, 0.25) is 0 Å². The SMILES string of the molecule is CCOCCCN1c2c(c(C)nc3c(-c4c(C)cc(C)cc4C)c(C)nn23)CCC1C. The van der Waals surface area contributed by atoms with Crippen LogP contribution < -0.4 is 4.90 Å². The summed E-state index contributed by atoms with van der Waals surface area (Å²) in [7, 11) is 0. The van der Waals surface area contributed by atoms with Crippen molar-refractivity contribution in [1.82, 2.24) is 14.6 Å². The molecule has 5 nitrogen and oxygen atoms in total. The first kappa shape index (κ1) is 21.8. The Bertz CT molecular complexity index is 1090. The number of hydrogen-bond acceptors (Lipinski definition) is 4. The number of ether oxygens (including phenoxy) is 1. The van der Waals surface area contributed by atoms with E-state index in [1.54, 1.807) is 0 Å². The zero-order valence-corrected chi connectivity index (χ0v) is 20.2. The molecular formula is C26H36N4O. The topological polar surface area (TPSA) is 42.7 Å². The first-order valence-electron chi connectivity index (χ1n) is 11.6. The number of hydrogen-bond donors (Lipinski definition) is 0. The molecule has 1 aliphatic rings. The van der Waals surface area contributed by atoms with Crippen molar-refractivity contribution in [2.45, 2.75) is 73.8 Å². The summed E-state index contributed by atoms with van der Waals surface area (Å²) in [4.78, 5) is 7.64. The van der Waals surface area contributed by atoms with E-state index in [2.05, 4.69) is 70.0 Å². The number of aryl methyl sites for hydroxylation is 5. The number of aromatic nitrogens is 3. The average molecular weight is 421 g/mol. The van der Waals surface area contributed by atoms with Crippen LogP contribution >= 0.6 is 0 Å². The Hall–Kier alpha value is -2.40. The second kappa shape index (κ2) is 8.62. The first-order chi connectivity index (χ1) is 14.8. The average Bonchev–Trinajstić information content (AvgIpc) is 3.01. The lowest BCUT2D eigenvalue weighted by molar-refractivity contribution is 0.145. The molecule has 0 fully saturated rings. The van der Waals surface area contributed by atoms with Crippen LogP contribution in [0.1, 0.15) is 60.3 Å². The van der Waals surface area contributed by atoms with Gasteiger partial charge in [-0.15, -0.1) is 0 Å². The van der Waals surface area contributed by atoms with E-state index in [0.29, 0.717) is 6.04 Å². The minimum atomic E-state index is 0.481. The summed E-state index contributed by atoms with van der Waals surface area (Å²) >= 11 is 0. The second-order valence-corrected chi connectivity index (χ2v) is 9.10. The molecule has 4 rings (SSSR count). The highest BCUT2D eigenvalue weighted by Crippen LogP contribution is 2.38. The van der Waals surface area contributed by atoms with Gasteiger partial charge in [-0.3, -0.25) is 0 Å². The highest BCUT2D eigenvalue weighted by Gasteiger charge is 2.30. The lowest BCUT2D eigenvalue weighted by atomic mass is 9.93. The molecule has 1 unspecified atom stereocenters. The zero-order valence-electron chi connectivity index (χ0n) is 20.2. The van der Waals surface area contributed by atoms with E-state index in [1.807, 2.05) is 0 Å². The van der Waals surface area contributed by atoms with Crippen molar-refractivity contribution in [3.8, 4) is 11.1 Å². The number of benzene rings is 1. The van der Waals surface area contributed by atoms with E-state index in [-0.39, 0.29) is 0 Å². The maximum Gasteiger partial charge on any atom is 0.165 e. The largest absolute Gasteiger partial charge is 0.382 e. The standard InChI is InChI=1S/C26H36N4O/c1-8-31-13-9-12-29-19(5)10-11-22-20(6)27-25-24(21(7)28-30(25)26(22)29)23-17(3)14-16(2)15-18(23)4/h14-15,19H,8-13H2,1-7H3. The summed E-state index contributed by atoms with van der Waals surface area (Å²) in [6.45, 7) is 17.8. The summed E-state index contributed by atoms with van der Waals surface area (Å²) in [5.41, 5.74) is 10.8. The molecule has 0 saturated heterocycles. The fourth-order valence-corrected chi connectivity index (χ4v) is 5.26. The van der Waals surface area contributed by atoms with Crippen LogP contribution in [0, 0.1) is 34.6 Å². The highest BCUT2D eigenvalue weighted by molar-refractivity contribution is 5.85. The predicted molar refractivity (Wildman–Crippen MR) is 128 cm³/mol. The Balaban J connectivity index is 1.90. The maximum atomic E-state index is 5.61. The number of fused-ring (bicyclic) bond motifs is 3. The third-order valence-electron chi connectivity index (χ3n) is 6.65. The molecule has 31 heavy (non-hydrogen) atoms. The van der Waals surface area contributed by atoms with E-state index in [1.165, 1.54) is 39.2 Å². The van der Waals surface area contributed by atoms with Gasteiger partial charge in [0.25, 0.3) is 0 Å². The van der Waals surface area contributed by atoms with Crippen molar-refractivity contribution < 1.29 is 4.74 Å². The summed E-state index contributed by atoms with van der Waals surface area (Å²) in [6.07, 6.45) is 3.23. The highest BCUT2D eigenvalue weighted by atomic mass is 16.5. The zero-order chi connectivity index (χ0) is 22.3. The molecule has 0 spiro atoms. The summed E-state index contributed by atoms with van der Waals surface area (Å²) in [6, 6.07) is 5.01. The van der Waals surface area contributed by atoms with E-state index >= 15 is 0 Å². The van der Waals surface area contributed by atoms with Crippen molar-refractivity contribution in [2.24, 2.45) is 0 Å². The monoisotopic (exact) mass is 420 g/mol. The summed E-state index contributed by atoms with van der Waals surface area (Å²) in [5, 5.41) is 5.06. The Morgan fingerprint density at radius 2 is 1.74 bits per heavy atom. The van der Waals surface area contributed by atoms with E-state index in [9.17, 15) is 0 Å². The van der Waals surface area contributed by atoms with Crippen molar-refractivity contribution in [3.05, 3.63) is 45.8 Å².